The third-order valence-corrected chi connectivity index (χ3v) is 2.92. The van der Waals surface area contributed by atoms with Gasteiger partial charge >= 0.3 is 5.97 Å². The van der Waals surface area contributed by atoms with E-state index < -0.39 is 0 Å². The Balaban J connectivity index is 2.11. The molecule has 1 atom stereocenters. The van der Waals surface area contributed by atoms with Crippen molar-refractivity contribution in [2.45, 2.75) is 25.8 Å². The molecule has 1 aromatic rings. The molecule has 0 heterocycles. The second kappa shape index (κ2) is 11.1. The molecule has 5 nitrogen and oxygen atoms in total. The van der Waals surface area contributed by atoms with E-state index in [1.165, 1.54) is 7.11 Å². The number of hydrogen-bond acceptors (Lipinski definition) is 5. The first-order valence-electron chi connectivity index (χ1n) is 7.34. The van der Waals surface area contributed by atoms with Crippen molar-refractivity contribution in [1.29, 1.82) is 0 Å². The average molecular weight is 295 g/mol. The highest BCUT2D eigenvalue weighted by Crippen LogP contribution is 2.07. The Morgan fingerprint density at radius 1 is 1.19 bits per heavy atom. The van der Waals surface area contributed by atoms with Crippen LogP contribution in [-0.4, -0.2) is 45.5 Å². The largest absolute Gasteiger partial charge is 0.491 e. The van der Waals surface area contributed by atoms with E-state index in [4.69, 9.17) is 14.2 Å². The smallest absolute Gasteiger partial charge is 0.322 e. The Morgan fingerprint density at radius 3 is 2.62 bits per heavy atom. The van der Waals surface area contributed by atoms with Crippen LogP contribution in [0.2, 0.25) is 0 Å². The van der Waals surface area contributed by atoms with Gasteiger partial charge in [0.25, 0.3) is 0 Å². The van der Waals surface area contributed by atoms with Crippen LogP contribution in [0.25, 0.3) is 0 Å². The lowest BCUT2D eigenvalue weighted by Crippen LogP contribution is -2.39. The van der Waals surface area contributed by atoms with E-state index in [9.17, 15) is 4.79 Å². The van der Waals surface area contributed by atoms with Crippen molar-refractivity contribution in [2.24, 2.45) is 0 Å². The minimum absolute atomic E-state index is 0.243. The number of nitrogens with one attached hydrogen (secondary N) is 1. The highest BCUT2D eigenvalue weighted by molar-refractivity contribution is 5.75. The molecule has 0 radical (unpaired) electrons. The predicted molar refractivity (Wildman–Crippen MR) is 81.5 cm³/mol. The molecule has 0 spiro atoms. The summed E-state index contributed by atoms with van der Waals surface area (Å²) in [7, 11) is 1.40. The molecule has 1 unspecified atom stereocenters. The van der Waals surface area contributed by atoms with E-state index in [1.807, 2.05) is 30.3 Å². The third kappa shape index (κ3) is 7.68. The van der Waals surface area contributed by atoms with Crippen LogP contribution in [0.4, 0.5) is 0 Å². The third-order valence-electron chi connectivity index (χ3n) is 2.92. The van der Waals surface area contributed by atoms with Crippen LogP contribution in [0.15, 0.2) is 30.3 Å². The molecule has 0 aromatic heterocycles. The lowest BCUT2D eigenvalue weighted by molar-refractivity contribution is -0.143. The van der Waals surface area contributed by atoms with Gasteiger partial charge in [-0.1, -0.05) is 25.1 Å². The molecule has 0 aliphatic heterocycles. The maximum atomic E-state index is 11.6. The van der Waals surface area contributed by atoms with Crippen LogP contribution in [0.5, 0.6) is 5.75 Å². The summed E-state index contributed by atoms with van der Waals surface area (Å²) in [6.07, 6.45) is 1.57. The lowest BCUT2D eigenvalue weighted by Gasteiger charge is -2.16. The van der Waals surface area contributed by atoms with Gasteiger partial charge in [0.05, 0.1) is 13.7 Å². The Hall–Kier alpha value is -1.59. The second-order valence-corrected chi connectivity index (χ2v) is 4.59. The number of benzene rings is 1. The lowest BCUT2D eigenvalue weighted by atomic mass is 10.2. The van der Waals surface area contributed by atoms with Crippen molar-refractivity contribution >= 4 is 5.97 Å². The fourth-order valence-corrected chi connectivity index (χ4v) is 1.80. The quantitative estimate of drug-likeness (QED) is 0.500. The summed E-state index contributed by atoms with van der Waals surface area (Å²) in [6, 6.07) is 9.31. The number of para-hydroxylation sites is 1. The SMILES string of the molecule is CCCNC(CCOCCOc1ccccc1)C(=O)OC. The Kier molecular flexibility index (Phi) is 9.24. The molecular weight excluding hydrogens is 270 g/mol. The molecule has 5 heteroatoms. The molecule has 1 aromatic carbocycles. The molecule has 0 saturated carbocycles. The first-order valence-corrected chi connectivity index (χ1v) is 7.34. The molecule has 0 bridgehead atoms. The van der Waals surface area contributed by atoms with Crippen molar-refractivity contribution in [1.82, 2.24) is 5.32 Å². The molecule has 0 aliphatic rings. The minimum Gasteiger partial charge on any atom is -0.491 e. The van der Waals surface area contributed by atoms with Crippen molar-refractivity contribution in [3.8, 4) is 5.75 Å². The predicted octanol–water partition coefficient (Wildman–Crippen LogP) is 2.01. The molecule has 0 aliphatic carbocycles. The summed E-state index contributed by atoms with van der Waals surface area (Å²) in [5.74, 6) is 0.589. The fourth-order valence-electron chi connectivity index (χ4n) is 1.80. The van der Waals surface area contributed by atoms with Crippen LogP contribution in [0.1, 0.15) is 19.8 Å². The Bertz CT molecular complexity index is 383. The summed E-state index contributed by atoms with van der Waals surface area (Å²) in [5, 5.41) is 3.15. The van der Waals surface area contributed by atoms with Gasteiger partial charge in [-0.15, -0.1) is 0 Å². The van der Waals surface area contributed by atoms with Crippen molar-refractivity contribution < 1.29 is 19.0 Å². The first-order chi connectivity index (χ1) is 10.3. The fraction of sp³-hybridized carbons (Fsp3) is 0.562. The summed E-state index contributed by atoms with van der Waals surface area (Å²) in [6.45, 7) is 4.33. The number of methoxy groups -OCH3 is 1. The number of hydrogen-bond donors (Lipinski definition) is 1. The van der Waals surface area contributed by atoms with Gasteiger partial charge in [-0.3, -0.25) is 4.79 Å². The number of ether oxygens (including phenoxy) is 3. The monoisotopic (exact) mass is 295 g/mol. The second-order valence-electron chi connectivity index (χ2n) is 4.59. The Labute approximate surface area is 126 Å². The average Bonchev–Trinajstić information content (AvgIpc) is 2.53. The molecule has 118 valence electrons. The molecule has 0 fully saturated rings. The van der Waals surface area contributed by atoms with E-state index in [2.05, 4.69) is 12.2 Å². The highest BCUT2D eigenvalue weighted by atomic mass is 16.5. The van der Waals surface area contributed by atoms with Gasteiger partial charge < -0.3 is 19.5 Å². The van der Waals surface area contributed by atoms with Crippen molar-refractivity contribution in [2.75, 3.05) is 33.5 Å². The molecule has 0 saturated heterocycles. The topological polar surface area (TPSA) is 56.8 Å². The van der Waals surface area contributed by atoms with Gasteiger partial charge in [-0.2, -0.15) is 0 Å². The normalized spacial score (nSPS) is 11.9. The number of esters is 1. The molecule has 21 heavy (non-hydrogen) atoms. The van der Waals surface area contributed by atoms with Crippen molar-refractivity contribution in [3.05, 3.63) is 30.3 Å². The first kappa shape index (κ1) is 17.5. The zero-order chi connectivity index (χ0) is 15.3. The number of rotatable bonds is 11. The number of carbonyl (C=O) groups excluding carboxylic acids is 1. The van der Waals surface area contributed by atoms with E-state index in [0.717, 1.165) is 18.7 Å². The van der Waals surface area contributed by atoms with Gasteiger partial charge in [0, 0.05) is 6.61 Å². The van der Waals surface area contributed by atoms with Crippen molar-refractivity contribution in [3.63, 3.8) is 0 Å². The van der Waals surface area contributed by atoms with E-state index >= 15 is 0 Å². The van der Waals surface area contributed by atoms with Crippen LogP contribution >= 0.6 is 0 Å². The van der Waals surface area contributed by atoms with Gasteiger partial charge in [-0.05, 0) is 31.5 Å². The van der Waals surface area contributed by atoms with E-state index in [1.54, 1.807) is 0 Å². The van der Waals surface area contributed by atoms with Gasteiger partial charge in [-0.25, -0.2) is 0 Å². The summed E-state index contributed by atoms with van der Waals surface area (Å²) >= 11 is 0. The standard InChI is InChI=1S/C16H25NO4/c1-3-10-17-15(16(18)19-2)9-11-20-12-13-21-14-7-5-4-6-8-14/h4-8,15,17H,3,9-13H2,1-2H3. The van der Waals surface area contributed by atoms with Gasteiger partial charge in [0.15, 0.2) is 0 Å². The molecule has 1 N–H and O–H groups in total. The molecule has 0 amide bonds. The maximum Gasteiger partial charge on any atom is 0.322 e. The summed E-state index contributed by atoms with van der Waals surface area (Å²) < 4.78 is 15.8. The highest BCUT2D eigenvalue weighted by Gasteiger charge is 2.17. The van der Waals surface area contributed by atoms with E-state index in [-0.39, 0.29) is 12.0 Å². The zero-order valence-corrected chi connectivity index (χ0v) is 12.8. The Morgan fingerprint density at radius 2 is 1.95 bits per heavy atom. The van der Waals surface area contributed by atoms with Crippen LogP contribution in [0, 0.1) is 0 Å². The maximum absolute atomic E-state index is 11.6. The summed E-state index contributed by atoms with van der Waals surface area (Å²) in [4.78, 5) is 11.6. The van der Waals surface area contributed by atoms with Crippen LogP contribution in [0.3, 0.4) is 0 Å². The molecular formula is C16H25NO4. The number of carbonyl (C=O) groups is 1. The van der Waals surface area contributed by atoms with Gasteiger partial charge in [0.2, 0.25) is 0 Å². The molecule has 1 rings (SSSR count). The minimum atomic E-state index is -0.301. The van der Waals surface area contributed by atoms with Gasteiger partial charge in [0.1, 0.15) is 18.4 Å². The summed E-state index contributed by atoms with van der Waals surface area (Å²) in [5.41, 5.74) is 0. The van der Waals surface area contributed by atoms with Crippen LogP contribution < -0.4 is 10.1 Å². The van der Waals surface area contributed by atoms with Crippen LogP contribution in [-0.2, 0) is 14.3 Å². The van der Waals surface area contributed by atoms with E-state index in [0.29, 0.717) is 26.2 Å². The zero-order valence-electron chi connectivity index (χ0n) is 12.8.